The van der Waals surface area contributed by atoms with Crippen molar-refractivity contribution >= 4 is 17.5 Å². The molecular formula is C14H18N2O4. The lowest BCUT2D eigenvalue weighted by Gasteiger charge is -2.37. The third-order valence-electron chi connectivity index (χ3n) is 3.35. The quantitative estimate of drug-likeness (QED) is 0.896. The van der Waals surface area contributed by atoms with Crippen LogP contribution in [-0.4, -0.2) is 44.0 Å². The van der Waals surface area contributed by atoms with Crippen molar-refractivity contribution in [3.05, 3.63) is 18.2 Å². The highest BCUT2D eigenvalue weighted by Gasteiger charge is 2.34. The summed E-state index contributed by atoms with van der Waals surface area (Å²) in [4.78, 5) is 24.7. The average molecular weight is 278 g/mol. The predicted molar refractivity (Wildman–Crippen MR) is 73.9 cm³/mol. The lowest BCUT2D eigenvalue weighted by Crippen LogP contribution is -2.53. The van der Waals surface area contributed by atoms with Crippen molar-refractivity contribution in [3.63, 3.8) is 0 Å². The zero-order valence-electron chi connectivity index (χ0n) is 11.8. The lowest BCUT2D eigenvalue weighted by atomic mass is 9.99. The highest BCUT2D eigenvalue weighted by molar-refractivity contribution is 5.94. The van der Waals surface area contributed by atoms with Gasteiger partial charge in [-0.25, -0.2) is 0 Å². The van der Waals surface area contributed by atoms with E-state index in [2.05, 4.69) is 5.32 Å². The van der Waals surface area contributed by atoms with Crippen LogP contribution in [0.15, 0.2) is 18.2 Å². The first kappa shape index (κ1) is 14.2. The first-order valence-corrected chi connectivity index (χ1v) is 6.33. The van der Waals surface area contributed by atoms with Crippen molar-refractivity contribution in [1.29, 1.82) is 0 Å². The minimum absolute atomic E-state index is 0.000154. The maximum Gasteiger partial charge on any atom is 0.231 e. The molecule has 1 aromatic carbocycles. The lowest BCUT2D eigenvalue weighted by molar-refractivity contribution is -0.139. The number of likely N-dealkylation sites (tertiary alicyclic amines) is 1. The smallest absolute Gasteiger partial charge is 0.231 e. The maximum absolute atomic E-state index is 12.0. The Labute approximate surface area is 117 Å². The van der Waals surface area contributed by atoms with Gasteiger partial charge in [0.1, 0.15) is 0 Å². The fraction of sp³-hybridized carbons (Fsp3) is 0.429. The van der Waals surface area contributed by atoms with E-state index < -0.39 is 0 Å². The first-order valence-electron chi connectivity index (χ1n) is 6.33. The number of ether oxygens (including phenoxy) is 2. The van der Waals surface area contributed by atoms with Crippen LogP contribution in [0.4, 0.5) is 5.69 Å². The summed E-state index contributed by atoms with van der Waals surface area (Å²) in [5.74, 6) is 0.933. The normalized spacial score (nSPS) is 14.4. The van der Waals surface area contributed by atoms with E-state index in [1.807, 2.05) is 0 Å². The van der Waals surface area contributed by atoms with E-state index in [1.54, 1.807) is 37.3 Å². The van der Waals surface area contributed by atoms with Crippen molar-refractivity contribution in [2.45, 2.75) is 6.92 Å². The summed E-state index contributed by atoms with van der Waals surface area (Å²) in [5.41, 5.74) is 0.647. The molecule has 1 N–H and O–H groups in total. The number of hydrogen-bond donors (Lipinski definition) is 1. The Kier molecular flexibility index (Phi) is 4.12. The maximum atomic E-state index is 12.0. The highest BCUT2D eigenvalue weighted by atomic mass is 16.5. The molecule has 1 heterocycles. The van der Waals surface area contributed by atoms with Gasteiger partial charge in [-0.05, 0) is 12.1 Å². The van der Waals surface area contributed by atoms with Crippen molar-refractivity contribution in [3.8, 4) is 11.5 Å². The number of carbonyl (C=O) groups is 2. The molecule has 0 radical (unpaired) electrons. The van der Waals surface area contributed by atoms with Crippen LogP contribution in [0.5, 0.6) is 11.5 Å². The van der Waals surface area contributed by atoms with Gasteiger partial charge >= 0.3 is 0 Å². The van der Waals surface area contributed by atoms with Gasteiger partial charge in [0.05, 0.1) is 20.1 Å². The number of methoxy groups -OCH3 is 2. The van der Waals surface area contributed by atoms with E-state index in [4.69, 9.17) is 9.47 Å². The number of benzene rings is 1. The van der Waals surface area contributed by atoms with Crippen LogP contribution >= 0.6 is 0 Å². The summed E-state index contributed by atoms with van der Waals surface area (Å²) < 4.78 is 10.3. The minimum Gasteiger partial charge on any atom is -0.493 e. The first-order chi connectivity index (χ1) is 9.55. The minimum atomic E-state index is -0.146. The van der Waals surface area contributed by atoms with Gasteiger partial charge in [0.25, 0.3) is 0 Å². The summed E-state index contributed by atoms with van der Waals surface area (Å²) in [5, 5.41) is 2.82. The zero-order chi connectivity index (χ0) is 14.7. The molecular weight excluding hydrogens is 260 g/mol. The monoisotopic (exact) mass is 278 g/mol. The number of nitrogens with one attached hydrogen (secondary N) is 1. The summed E-state index contributed by atoms with van der Waals surface area (Å²) >= 11 is 0. The van der Waals surface area contributed by atoms with E-state index in [9.17, 15) is 9.59 Å². The van der Waals surface area contributed by atoms with Crippen LogP contribution in [0.25, 0.3) is 0 Å². The van der Waals surface area contributed by atoms with E-state index in [1.165, 1.54) is 6.92 Å². The van der Waals surface area contributed by atoms with Crippen molar-refractivity contribution < 1.29 is 19.1 Å². The second-order valence-corrected chi connectivity index (χ2v) is 4.68. The zero-order valence-corrected chi connectivity index (χ0v) is 11.8. The molecule has 1 aliphatic rings. The third-order valence-corrected chi connectivity index (χ3v) is 3.35. The molecule has 0 spiro atoms. The molecule has 6 nitrogen and oxygen atoms in total. The largest absolute Gasteiger partial charge is 0.493 e. The van der Waals surface area contributed by atoms with Gasteiger partial charge in [0.2, 0.25) is 11.8 Å². The van der Waals surface area contributed by atoms with Crippen molar-refractivity contribution in [2.75, 3.05) is 32.6 Å². The Morgan fingerprint density at radius 3 is 2.40 bits per heavy atom. The second kappa shape index (κ2) is 5.81. The topological polar surface area (TPSA) is 67.9 Å². The standard InChI is InChI=1S/C14H18N2O4/c1-9(17)16-7-10(8-16)14(18)15-11-4-5-12(19-2)13(6-11)20-3/h4-6,10H,7-8H2,1-3H3,(H,15,18). The Morgan fingerprint density at radius 1 is 1.20 bits per heavy atom. The fourth-order valence-corrected chi connectivity index (χ4v) is 2.06. The molecule has 2 amide bonds. The second-order valence-electron chi connectivity index (χ2n) is 4.68. The fourth-order valence-electron chi connectivity index (χ4n) is 2.06. The number of anilines is 1. The molecule has 2 rings (SSSR count). The molecule has 1 fully saturated rings. The number of rotatable bonds is 4. The molecule has 0 atom stereocenters. The Bertz CT molecular complexity index is 524. The van der Waals surface area contributed by atoms with Gasteiger partial charge in [0, 0.05) is 31.8 Å². The van der Waals surface area contributed by atoms with E-state index >= 15 is 0 Å². The van der Waals surface area contributed by atoms with Gasteiger partial charge in [-0.15, -0.1) is 0 Å². The number of nitrogens with zero attached hydrogens (tertiary/aromatic N) is 1. The molecule has 0 aromatic heterocycles. The number of amides is 2. The van der Waals surface area contributed by atoms with Crippen LogP contribution in [0.3, 0.4) is 0 Å². The van der Waals surface area contributed by atoms with Crippen LogP contribution in [0, 0.1) is 5.92 Å². The van der Waals surface area contributed by atoms with Gasteiger partial charge in [0.15, 0.2) is 11.5 Å². The highest BCUT2D eigenvalue weighted by Crippen LogP contribution is 2.30. The Balaban J connectivity index is 1.97. The molecule has 0 unspecified atom stereocenters. The van der Waals surface area contributed by atoms with Gasteiger partial charge in [-0.2, -0.15) is 0 Å². The van der Waals surface area contributed by atoms with E-state index in [0.29, 0.717) is 30.3 Å². The molecule has 6 heteroatoms. The van der Waals surface area contributed by atoms with Crippen LogP contribution in [0.1, 0.15) is 6.92 Å². The van der Waals surface area contributed by atoms with Crippen LogP contribution in [0.2, 0.25) is 0 Å². The summed E-state index contributed by atoms with van der Waals surface area (Å²) in [6.45, 7) is 2.46. The molecule has 0 aliphatic carbocycles. The van der Waals surface area contributed by atoms with Gasteiger partial charge < -0.3 is 19.7 Å². The SMILES string of the molecule is COc1ccc(NC(=O)C2CN(C(C)=O)C2)cc1OC. The molecule has 1 aliphatic heterocycles. The summed E-state index contributed by atoms with van der Waals surface area (Å²) in [7, 11) is 3.10. The molecule has 20 heavy (non-hydrogen) atoms. The predicted octanol–water partition coefficient (Wildman–Crippen LogP) is 1.12. The summed E-state index contributed by atoms with van der Waals surface area (Å²) in [6, 6.07) is 5.19. The number of hydrogen-bond acceptors (Lipinski definition) is 4. The molecule has 1 aromatic rings. The van der Waals surface area contributed by atoms with Crippen LogP contribution in [-0.2, 0) is 9.59 Å². The molecule has 108 valence electrons. The Morgan fingerprint density at radius 2 is 1.85 bits per heavy atom. The van der Waals surface area contributed by atoms with Crippen molar-refractivity contribution in [1.82, 2.24) is 4.90 Å². The molecule has 0 bridgehead atoms. The number of carbonyl (C=O) groups excluding carboxylic acids is 2. The van der Waals surface area contributed by atoms with Crippen LogP contribution < -0.4 is 14.8 Å². The van der Waals surface area contributed by atoms with E-state index in [-0.39, 0.29) is 17.7 Å². The summed E-state index contributed by atoms with van der Waals surface area (Å²) in [6.07, 6.45) is 0. The molecule has 0 saturated carbocycles. The van der Waals surface area contributed by atoms with Crippen molar-refractivity contribution in [2.24, 2.45) is 5.92 Å². The third kappa shape index (κ3) is 2.84. The van der Waals surface area contributed by atoms with E-state index in [0.717, 1.165) is 0 Å². The molecule has 1 saturated heterocycles. The Hall–Kier alpha value is -2.24. The van der Waals surface area contributed by atoms with Gasteiger partial charge in [-0.3, -0.25) is 9.59 Å². The average Bonchev–Trinajstić information content (AvgIpc) is 2.36. The van der Waals surface area contributed by atoms with Gasteiger partial charge in [-0.1, -0.05) is 0 Å².